The molecule has 23 heavy (non-hydrogen) atoms. The van der Waals surface area contributed by atoms with Gasteiger partial charge >= 0.3 is 0 Å². The Morgan fingerprint density at radius 2 is 2.04 bits per heavy atom. The quantitative estimate of drug-likeness (QED) is 0.586. The Bertz CT molecular complexity index is 610. The molecular weight excluding hydrogens is 284 g/mol. The summed E-state index contributed by atoms with van der Waals surface area (Å²) in [6, 6.07) is 0. The second-order valence-electron chi connectivity index (χ2n) is 8.35. The van der Waals surface area contributed by atoms with Gasteiger partial charge in [0.25, 0.3) is 0 Å². The Kier molecular flexibility index (Phi) is 3.50. The Morgan fingerprint density at radius 3 is 2.78 bits per heavy atom. The van der Waals surface area contributed by atoms with Gasteiger partial charge in [-0.25, -0.2) is 0 Å². The van der Waals surface area contributed by atoms with Crippen LogP contribution >= 0.6 is 0 Å². The van der Waals surface area contributed by atoms with Crippen LogP contribution in [0, 0.1) is 35.5 Å². The summed E-state index contributed by atoms with van der Waals surface area (Å²) in [6.07, 6.45) is 15.6. The molecule has 0 aliphatic heterocycles. The van der Waals surface area contributed by atoms with Crippen molar-refractivity contribution in [2.75, 3.05) is 0 Å². The lowest BCUT2D eigenvalue weighted by molar-refractivity contribution is -0.119. The smallest absolute Gasteiger partial charge is 0.137 e. The molecule has 2 fully saturated rings. The van der Waals surface area contributed by atoms with Gasteiger partial charge in [-0.2, -0.15) is 0 Å². The van der Waals surface area contributed by atoms with Crippen LogP contribution in [0.2, 0.25) is 0 Å². The molecule has 5 atom stereocenters. The summed E-state index contributed by atoms with van der Waals surface area (Å²) < 4.78 is 0. The van der Waals surface area contributed by atoms with Crippen molar-refractivity contribution < 1.29 is 9.90 Å². The van der Waals surface area contributed by atoms with Crippen LogP contribution in [0.15, 0.2) is 11.1 Å². The second-order valence-corrected chi connectivity index (χ2v) is 8.35. The van der Waals surface area contributed by atoms with Crippen LogP contribution in [0.3, 0.4) is 0 Å². The zero-order valence-electron chi connectivity index (χ0n) is 14.2. The largest absolute Gasteiger partial charge is 0.377 e. The van der Waals surface area contributed by atoms with Crippen LogP contribution in [0.5, 0.6) is 0 Å². The van der Waals surface area contributed by atoms with Gasteiger partial charge in [0, 0.05) is 18.3 Å². The molecule has 0 radical (unpaired) electrons. The number of carbonyl (C=O) groups is 1. The van der Waals surface area contributed by atoms with E-state index >= 15 is 0 Å². The first-order valence-corrected chi connectivity index (χ1v) is 9.47. The van der Waals surface area contributed by atoms with Gasteiger partial charge in [0.15, 0.2) is 0 Å². The molecule has 2 heteroatoms. The number of fused-ring (bicyclic) bond motifs is 4. The number of carbonyl (C=O) groups excluding carboxylic acids is 1. The minimum Gasteiger partial charge on any atom is -0.377 e. The molecule has 124 valence electrons. The standard InChI is InChI=1S/C21H28O2/c1-3-20-11-9-17-16-8-6-15(22)13-14(16)5-7-18(17)19(20)10-12-21(20,23)4-2/h2,17-19,23H,3,5-13H2,1H3/t17-,18+,19-,20+,21-/m1/s1. The normalized spacial score (nSPS) is 46.0. The molecule has 0 saturated heterocycles. The van der Waals surface area contributed by atoms with Crippen molar-refractivity contribution in [3.8, 4) is 12.3 Å². The van der Waals surface area contributed by atoms with Crippen LogP contribution in [0.1, 0.15) is 71.1 Å². The van der Waals surface area contributed by atoms with Gasteiger partial charge in [0.1, 0.15) is 11.4 Å². The highest BCUT2D eigenvalue weighted by Crippen LogP contribution is 2.65. The van der Waals surface area contributed by atoms with Crippen molar-refractivity contribution >= 4 is 5.78 Å². The molecule has 0 bridgehead atoms. The molecule has 1 N–H and O–H groups in total. The third-order valence-electron chi connectivity index (χ3n) is 7.92. The average molecular weight is 312 g/mol. The van der Waals surface area contributed by atoms with Crippen molar-refractivity contribution in [3.63, 3.8) is 0 Å². The summed E-state index contributed by atoms with van der Waals surface area (Å²) in [5, 5.41) is 11.1. The third-order valence-corrected chi connectivity index (χ3v) is 7.92. The lowest BCUT2D eigenvalue weighted by Gasteiger charge is -2.54. The highest BCUT2D eigenvalue weighted by molar-refractivity contribution is 5.82. The van der Waals surface area contributed by atoms with Crippen molar-refractivity contribution in [3.05, 3.63) is 11.1 Å². The number of terminal acetylenes is 1. The van der Waals surface area contributed by atoms with Crippen LogP contribution in [0.4, 0.5) is 0 Å². The number of ketones is 1. The first-order valence-electron chi connectivity index (χ1n) is 9.47. The van der Waals surface area contributed by atoms with E-state index in [0.29, 0.717) is 23.5 Å². The predicted octanol–water partition coefficient (Wildman–Crippen LogP) is 4.03. The summed E-state index contributed by atoms with van der Waals surface area (Å²) in [4.78, 5) is 11.8. The van der Waals surface area contributed by atoms with E-state index in [9.17, 15) is 9.90 Å². The van der Waals surface area contributed by atoms with E-state index in [2.05, 4.69) is 12.8 Å². The van der Waals surface area contributed by atoms with Crippen LogP contribution < -0.4 is 0 Å². The summed E-state index contributed by atoms with van der Waals surface area (Å²) >= 11 is 0. The van der Waals surface area contributed by atoms with Crippen LogP contribution in [0.25, 0.3) is 0 Å². The Labute approximate surface area is 139 Å². The van der Waals surface area contributed by atoms with Gasteiger partial charge in [-0.3, -0.25) is 4.79 Å². The van der Waals surface area contributed by atoms with Crippen molar-refractivity contribution in [1.82, 2.24) is 0 Å². The number of aliphatic hydroxyl groups is 1. The van der Waals surface area contributed by atoms with E-state index in [0.717, 1.165) is 57.8 Å². The summed E-state index contributed by atoms with van der Waals surface area (Å²) in [6.45, 7) is 2.22. The molecular formula is C21H28O2. The molecule has 0 heterocycles. The minimum absolute atomic E-state index is 0.0640. The van der Waals surface area contributed by atoms with Gasteiger partial charge < -0.3 is 5.11 Å². The molecule has 2 nitrogen and oxygen atoms in total. The monoisotopic (exact) mass is 312 g/mol. The second kappa shape index (κ2) is 5.21. The van der Waals surface area contributed by atoms with Crippen molar-refractivity contribution in [1.29, 1.82) is 0 Å². The van der Waals surface area contributed by atoms with Crippen LogP contribution in [-0.4, -0.2) is 16.5 Å². The molecule has 0 spiro atoms. The molecule has 4 rings (SSSR count). The predicted molar refractivity (Wildman–Crippen MR) is 90.6 cm³/mol. The first-order chi connectivity index (χ1) is 11.0. The van der Waals surface area contributed by atoms with E-state index < -0.39 is 5.60 Å². The lowest BCUT2D eigenvalue weighted by Crippen LogP contribution is -2.52. The minimum atomic E-state index is -0.894. The number of Topliss-reactive ketones (excluding diaryl/α,β-unsaturated/α-hetero) is 1. The van der Waals surface area contributed by atoms with Gasteiger partial charge in [-0.15, -0.1) is 6.42 Å². The average Bonchev–Trinajstić information content (AvgIpc) is 2.88. The van der Waals surface area contributed by atoms with Gasteiger partial charge in [-0.05, 0) is 69.1 Å². The summed E-state index contributed by atoms with van der Waals surface area (Å²) in [7, 11) is 0. The molecule has 4 aliphatic carbocycles. The maximum atomic E-state index is 11.8. The third kappa shape index (κ3) is 1.96. The molecule has 2 saturated carbocycles. The number of hydrogen-bond acceptors (Lipinski definition) is 2. The van der Waals surface area contributed by atoms with E-state index in [-0.39, 0.29) is 5.41 Å². The lowest BCUT2D eigenvalue weighted by atomic mass is 9.51. The van der Waals surface area contributed by atoms with Crippen molar-refractivity contribution in [2.45, 2.75) is 76.7 Å². The number of hydrogen-bond donors (Lipinski definition) is 1. The van der Waals surface area contributed by atoms with E-state index in [4.69, 9.17) is 6.42 Å². The molecule has 0 aromatic rings. The Hall–Kier alpha value is -1.07. The fourth-order valence-electron chi connectivity index (χ4n) is 6.83. The first kappa shape index (κ1) is 15.5. The fourth-order valence-corrected chi connectivity index (χ4v) is 6.83. The van der Waals surface area contributed by atoms with E-state index in [1.165, 1.54) is 12.0 Å². The maximum absolute atomic E-state index is 11.8. The van der Waals surface area contributed by atoms with Gasteiger partial charge in [-0.1, -0.05) is 24.0 Å². The molecule has 4 aliphatic rings. The Balaban J connectivity index is 1.69. The van der Waals surface area contributed by atoms with Crippen molar-refractivity contribution in [2.24, 2.45) is 23.2 Å². The topological polar surface area (TPSA) is 37.3 Å². The van der Waals surface area contributed by atoms with Gasteiger partial charge in [0.2, 0.25) is 0 Å². The fraction of sp³-hybridized carbons (Fsp3) is 0.762. The highest BCUT2D eigenvalue weighted by atomic mass is 16.3. The molecule has 0 aromatic carbocycles. The van der Waals surface area contributed by atoms with E-state index in [1.807, 2.05) is 0 Å². The van der Waals surface area contributed by atoms with Crippen LogP contribution in [-0.2, 0) is 4.79 Å². The van der Waals surface area contributed by atoms with E-state index in [1.54, 1.807) is 5.57 Å². The highest BCUT2D eigenvalue weighted by Gasteiger charge is 2.62. The summed E-state index contributed by atoms with van der Waals surface area (Å²) in [5.41, 5.74) is 2.14. The molecule has 0 unspecified atom stereocenters. The zero-order valence-corrected chi connectivity index (χ0v) is 14.2. The number of allylic oxidation sites excluding steroid dienone is 2. The molecule has 0 amide bonds. The maximum Gasteiger partial charge on any atom is 0.137 e. The summed E-state index contributed by atoms with van der Waals surface area (Å²) in [5.74, 6) is 5.13. The Morgan fingerprint density at radius 1 is 1.22 bits per heavy atom. The molecule has 0 aromatic heterocycles. The van der Waals surface area contributed by atoms with Gasteiger partial charge in [0.05, 0.1) is 0 Å². The SMILES string of the molecule is C#C[C@@]1(O)CC[C@@H]2[C@H]3CCC4=C(CCC(=O)C4)[C@H]3CC[C@@]21CC. The number of rotatable bonds is 1. The zero-order chi connectivity index (χ0) is 16.2.